The highest BCUT2D eigenvalue weighted by Crippen LogP contribution is 2.28. The van der Waals surface area contributed by atoms with Crippen LogP contribution >= 0.6 is 0 Å². The third-order valence-corrected chi connectivity index (χ3v) is 2.17. The van der Waals surface area contributed by atoms with Gasteiger partial charge in [-0.15, -0.1) is 0 Å². The van der Waals surface area contributed by atoms with E-state index in [2.05, 4.69) is 0 Å². The summed E-state index contributed by atoms with van der Waals surface area (Å²) in [6.07, 6.45) is -0.0116. The Morgan fingerprint density at radius 3 is 2.00 bits per heavy atom. The maximum Gasteiger partial charge on any atom is 0.304 e. The molecule has 0 aliphatic heterocycles. The molecule has 0 fully saturated rings. The van der Waals surface area contributed by atoms with Crippen molar-refractivity contribution in [1.29, 1.82) is 0 Å². The smallest absolute Gasteiger partial charge is 0.304 e. The first-order chi connectivity index (χ1) is 6.31. The number of aliphatic carboxylic acids is 1. The van der Waals surface area contributed by atoms with Gasteiger partial charge in [-0.2, -0.15) is 0 Å². The second-order valence-corrected chi connectivity index (χ2v) is 3.79. The topological polar surface area (TPSA) is 71.4 Å². The van der Waals surface area contributed by atoms with Crippen molar-refractivity contribution in [3.05, 3.63) is 0 Å². The molecule has 0 radical (unpaired) electrons. The summed E-state index contributed by atoms with van der Waals surface area (Å²) in [5.41, 5.74) is -1.04. The van der Waals surface area contributed by atoms with Crippen molar-refractivity contribution in [2.24, 2.45) is 5.41 Å². The minimum atomic E-state index is -1.05. The summed E-state index contributed by atoms with van der Waals surface area (Å²) in [4.78, 5) is 33.0. The fourth-order valence-electron chi connectivity index (χ4n) is 1.57. The van der Waals surface area contributed by atoms with Crippen LogP contribution in [0.2, 0.25) is 0 Å². The Morgan fingerprint density at radius 2 is 1.71 bits per heavy atom. The van der Waals surface area contributed by atoms with Crippen LogP contribution in [-0.2, 0) is 14.4 Å². The van der Waals surface area contributed by atoms with E-state index in [0.717, 1.165) is 0 Å². The van der Waals surface area contributed by atoms with E-state index in [0.29, 0.717) is 0 Å². The van der Waals surface area contributed by atoms with Gasteiger partial charge < -0.3 is 5.11 Å². The Hall–Kier alpha value is -1.19. The van der Waals surface area contributed by atoms with Gasteiger partial charge in [0, 0.05) is 18.3 Å². The lowest BCUT2D eigenvalue weighted by Gasteiger charge is -2.24. The molecule has 0 heterocycles. The van der Waals surface area contributed by atoms with Crippen LogP contribution in [0.5, 0.6) is 0 Å². The molecule has 1 N–H and O–H groups in total. The zero-order valence-corrected chi connectivity index (χ0v) is 8.79. The quantitative estimate of drug-likeness (QED) is 0.704. The summed E-state index contributed by atoms with van der Waals surface area (Å²) in [5, 5.41) is 8.64. The summed E-state index contributed by atoms with van der Waals surface area (Å²) in [6.45, 7) is 4.57. The number of ketones is 2. The molecule has 0 amide bonds. The van der Waals surface area contributed by atoms with E-state index < -0.39 is 11.4 Å². The Bertz CT molecular complexity index is 239. The predicted octanol–water partition coefficient (Wildman–Crippen LogP) is 1.43. The third kappa shape index (κ3) is 3.68. The van der Waals surface area contributed by atoms with E-state index in [9.17, 15) is 14.4 Å². The zero-order chi connectivity index (χ0) is 11.4. The molecule has 14 heavy (non-hydrogen) atoms. The second-order valence-electron chi connectivity index (χ2n) is 3.79. The normalized spacial score (nSPS) is 14.5. The number of hydrogen-bond donors (Lipinski definition) is 1. The summed E-state index contributed by atoms with van der Waals surface area (Å²) in [6, 6.07) is 0. The van der Waals surface area contributed by atoms with Crippen LogP contribution < -0.4 is 0 Å². The van der Waals surface area contributed by atoms with Gasteiger partial charge in [-0.25, -0.2) is 0 Å². The molecular weight excluding hydrogens is 184 g/mol. The van der Waals surface area contributed by atoms with E-state index in [4.69, 9.17) is 5.11 Å². The minimum absolute atomic E-state index is 0.00593. The van der Waals surface area contributed by atoms with Crippen molar-refractivity contribution in [2.45, 2.75) is 40.0 Å². The van der Waals surface area contributed by atoms with E-state index >= 15 is 0 Å². The van der Waals surface area contributed by atoms with Crippen molar-refractivity contribution in [2.75, 3.05) is 0 Å². The second kappa shape index (κ2) is 4.88. The van der Waals surface area contributed by atoms with Gasteiger partial charge in [0.15, 0.2) is 0 Å². The van der Waals surface area contributed by atoms with E-state index in [1.54, 1.807) is 6.92 Å². The Balaban J connectivity index is 4.74. The van der Waals surface area contributed by atoms with E-state index in [1.807, 2.05) is 0 Å². The first-order valence-electron chi connectivity index (χ1n) is 4.56. The van der Waals surface area contributed by atoms with Crippen LogP contribution in [0.15, 0.2) is 0 Å². The maximum atomic E-state index is 11.5. The summed E-state index contributed by atoms with van der Waals surface area (Å²) in [5.74, 6) is -1.37. The third-order valence-electron chi connectivity index (χ3n) is 2.17. The monoisotopic (exact) mass is 200 g/mol. The van der Waals surface area contributed by atoms with Gasteiger partial charge in [0.2, 0.25) is 0 Å². The van der Waals surface area contributed by atoms with Gasteiger partial charge in [0.25, 0.3) is 0 Å². The molecule has 4 heteroatoms. The van der Waals surface area contributed by atoms with Gasteiger partial charge in [0.05, 0.1) is 6.42 Å². The Kier molecular flexibility index (Phi) is 4.47. The molecule has 0 spiro atoms. The summed E-state index contributed by atoms with van der Waals surface area (Å²) in [7, 11) is 0. The Morgan fingerprint density at radius 1 is 1.21 bits per heavy atom. The molecule has 80 valence electrons. The number of carbonyl (C=O) groups is 3. The van der Waals surface area contributed by atoms with Gasteiger partial charge in [0.1, 0.15) is 11.6 Å². The number of carbonyl (C=O) groups excluding carboxylic acids is 2. The van der Waals surface area contributed by atoms with Crippen LogP contribution in [-0.4, -0.2) is 22.6 Å². The number of carboxylic acid groups (broad SMARTS) is 1. The van der Waals surface area contributed by atoms with Crippen molar-refractivity contribution in [3.63, 3.8) is 0 Å². The van der Waals surface area contributed by atoms with Crippen LogP contribution in [0.4, 0.5) is 0 Å². The molecule has 0 saturated carbocycles. The lowest BCUT2D eigenvalue weighted by molar-refractivity contribution is -0.145. The van der Waals surface area contributed by atoms with Gasteiger partial charge in [-0.3, -0.25) is 14.4 Å². The van der Waals surface area contributed by atoms with E-state index in [-0.39, 0.29) is 30.8 Å². The minimum Gasteiger partial charge on any atom is -0.481 e. The average molecular weight is 200 g/mol. The lowest BCUT2D eigenvalue weighted by atomic mass is 9.77. The van der Waals surface area contributed by atoms with Gasteiger partial charge in [-0.05, 0) is 6.92 Å². The number of carboxylic acids is 1. The molecule has 0 aliphatic carbocycles. The highest BCUT2D eigenvalue weighted by atomic mass is 16.4. The summed E-state index contributed by atoms with van der Waals surface area (Å²) >= 11 is 0. The molecule has 1 atom stereocenters. The molecule has 4 nitrogen and oxygen atoms in total. The van der Waals surface area contributed by atoms with Crippen LogP contribution in [0.3, 0.4) is 0 Å². The predicted molar refractivity (Wildman–Crippen MR) is 51.0 cm³/mol. The number of rotatable bonds is 6. The zero-order valence-electron chi connectivity index (χ0n) is 8.79. The highest BCUT2D eigenvalue weighted by molar-refractivity contribution is 5.92. The summed E-state index contributed by atoms with van der Waals surface area (Å²) < 4.78 is 0. The molecule has 0 bridgehead atoms. The molecule has 0 rings (SSSR count). The standard InChI is InChI=1S/C10H16O4/c1-4-8(12)10(3,5-7(2)11)6-9(13)14/h4-6H2,1-3H3,(H,13,14). The van der Waals surface area contributed by atoms with E-state index in [1.165, 1.54) is 13.8 Å². The average Bonchev–Trinajstić information content (AvgIpc) is 1.99. The van der Waals surface area contributed by atoms with Crippen molar-refractivity contribution in [3.8, 4) is 0 Å². The Labute approximate surface area is 83.3 Å². The first-order valence-corrected chi connectivity index (χ1v) is 4.56. The van der Waals surface area contributed by atoms with Gasteiger partial charge >= 0.3 is 5.97 Å². The fourth-order valence-corrected chi connectivity index (χ4v) is 1.57. The fraction of sp³-hybridized carbons (Fsp3) is 0.700. The largest absolute Gasteiger partial charge is 0.481 e. The molecule has 0 aromatic rings. The molecule has 0 saturated heterocycles. The van der Waals surface area contributed by atoms with Crippen LogP contribution in [0, 0.1) is 5.41 Å². The number of hydrogen-bond acceptors (Lipinski definition) is 3. The lowest BCUT2D eigenvalue weighted by Crippen LogP contribution is -2.32. The van der Waals surface area contributed by atoms with Crippen LogP contribution in [0.1, 0.15) is 40.0 Å². The van der Waals surface area contributed by atoms with Crippen molar-refractivity contribution in [1.82, 2.24) is 0 Å². The SMILES string of the molecule is CCC(=O)C(C)(CC(C)=O)CC(=O)O. The first kappa shape index (κ1) is 12.8. The van der Waals surface area contributed by atoms with Crippen molar-refractivity contribution >= 4 is 17.5 Å². The molecular formula is C10H16O4. The molecule has 1 unspecified atom stereocenters. The highest BCUT2D eigenvalue weighted by Gasteiger charge is 2.35. The number of Topliss-reactive ketones (excluding diaryl/α,β-unsaturated/α-hetero) is 2. The van der Waals surface area contributed by atoms with Crippen LogP contribution in [0.25, 0.3) is 0 Å². The molecule has 0 aliphatic rings. The maximum absolute atomic E-state index is 11.5. The molecule has 0 aromatic heterocycles. The van der Waals surface area contributed by atoms with Gasteiger partial charge in [-0.1, -0.05) is 13.8 Å². The van der Waals surface area contributed by atoms with Crippen molar-refractivity contribution < 1.29 is 19.5 Å². The molecule has 0 aromatic carbocycles.